The van der Waals surface area contributed by atoms with Crippen molar-refractivity contribution in [3.63, 3.8) is 0 Å². The molecule has 0 aliphatic heterocycles. The van der Waals surface area contributed by atoms with Gasteiger partial charge < -0.3 is 15.0 Å². The number of aromatic carboxylic acids is 1. The Balaban J connectivity index is 2.21. The number of nitrogens with zero attached hydrogens (tertiary/aromatic N) is 1. The van der Waals surface area contributed by atoms with E-state index in [0.717, 1.165) is 10.9 Å². The topological polar surface area (TPSA) is 54.3 Å². The fraction of sp³-hybridized carbons (Fsp3) is 0.0625. The highest BCUT2D eigenvalue weighted by atomic mass is 19.1. The lowest BCUT2D eigenvalue weighted by Crippen LogP contribution is -2.07. The van der Waals surface area contributed by atoms with Crippen LogP contribution in [0, 0.1) is 5.82 Å². The van der Waals surface area contributed by atoms with Gasteiger partial charge in [-0.25, -0.2) is 9.18 Å². The molecule has 0 bridgehead atoms. The molecule has 0 aliphatic carbocycles. The SMILES string of the molecule is Cn1c(C(=O)O)c(Nc2cccc(F)c2)c2ccccc21. The number of benzene rings is 2. The number of para-hydroxylation sites is 1. The minimum absolute atomic E-state index is 0.139. The van der Waals surface area contributed by atoms with E-state index >= 15 is 0 Å². The van der Waals surface area contributed by atoms with Crippen molar-refractivity contribution in [3.8, 4) is 0 Å². The minimum Gasteiger partial charge on any atom is -0.477 e. The first-order chi connectivity index (χ1) is 10.1. The third kappa shape index (κ3) is 2.23. The maximum atomic E-state index is 13.3. The van der Waals surface area contributed by atoms with Gasteiger partial charge in [0.1, 0.15) is 5.82 Å². The predicted octanol–water partition coefficient (Wildman–Crippen LogP) is 3.76. The molecule has 1 heterocycles. The lowest BCUT2D eigenvalue weighted by Gasteiger charge is -2.07. The molecule has 1 aromatic heterocycles. The van der Waals surface area contributed by atoms with Gasteiger partial charge in [-0.15, -0.1) is 0 Å². The Hall–Kier alpha value is -2.82. The van der Waals surface area contributed by atoms with E-state index in [2.05, 4.69) is 5.32 Å². The number of halogens is 1. The highest BCUT2D eigenvalue weighted by molar-refractivity contribution is 6.07. The van der Waals surface area contributed by atoms with Crippen molar-refractivity contribution >= 4 is 28.2 Å². The first-order valence-corrected chi connectivity index (χ1v) is 6.41. The fourth-order valence-corrected chi connectivity index (χ4v) is 2.48. The molecule has 0 saturated heterocycles. The largest absolute Gasteiger partial charge is 0.477 e. The van der Waals surface area contributed by atoms with E-state index in [0.29, 0.717) is 11.4 Å². The number of hydrogen-bond acceptors (Lipinski definition) is 2. The van der Waals surface area contributed by atoms with Crippen LogP contribution in [-0.4, -0.2) is 15.6 Å². The zero-order valence-corrected chi connectivity index (χ0v) is 11.3. The van der Waals surface area contributed by atoms with Crippen molar-refractivity contribution in [2.24, 2.45) is 7.05 Å². The number of carboxylic acids is 1. The van der Waals surface area contributed by atoms with Crippen LogP contribution in [0.2, 0.25) is 0 Å². The number of carboxylic acid groups (broad SMARTS) is 1. The molecule has 4 nitrogen and oxygen atoms in total. The van der Waals surface area contributed by atoms with Crippen LogP contribution in [-0.2, 0) is 7.05 Å². The van der Waals surface area contributed by atoms with Crippen molar-refractivity contribution in [2.75, 3.05) is 5.32 Å². The molecule has 0 spiro atoms. The molecular formula is C16H13FN2O2. The minimum atomic E-state index is -1.03. The van der Waals surface area contributed by atoms with Crippen molar-refractivity contribution < 1.29 is 14.3 Å². The van der Waals surface area contributed by atoms with E-state index in [1.807, 2.05) is 24.3 Å². The maximum Gasteiger partial charge on any atom is 0.354 e. The van der Waals surface area contributed by atoms with Gasteiger partial charge in [0.2, 0.25) is 0 Å². The Morgan fingerprint density at radius 2 is 1.95 bits per heavy atom. The Labute approximate surface area is 120 Å². The van der Waals surface area contributed by atoms with Crippen molar-refractivity contribution in [3.05, 3.63) is 60.0 Å². The maximum absolute atomic E-state index is 13.3. The summed E-state index contributed by atoms with van der Waals surface area (Å²) in [5.74, 6) is -1.41. The quantitative estimate of drug-likeness (QED) is 0.770. The average Bonchev–Trinajstić information content (AvgIpc) is 2.73. The Morgan fingerprint density at radius 1 is 1.19 bits per heavy atom. The first-order valence-electron chi connectivity index (χ1n) is 6.41. The normalized spacial score (nSPS) is 10.8. The molecule has 0 atom stereocenters. The lowest BCUT2D eigenvalue weighted by atomic mass is 10.2. The van der Waals surface area contributed by atoms with Crippen molar-refractivity contribution in [1.29, 1.82) is 0 Å². The highest BCUT2D eigenvalue weighted by Crippen LogP contribution is 2.32. The number of nitrogens with one attached hydrogen (secondary N) is 1. The summed E-state index contributed by atoms with van der Waals surface area (Å²) >= 11 is 0. The molecule has 2 aromatic carbocycles. The molecule has 2 N–H and O–H groups in total. The Morgan fingerprint density at radius 3 is 2.67 bits per heavy atom. The van der Waals surface area contributed by atoms with Gasteiger partial charge in [-0.3, -0.25) is 0 Å². The molecule has 0 unspecified atom stereocenters. The zero-order valence-electron chi connectivity index (χ0n) is 11.3. The van der Waals surface area contributed by atoms with Gasteiger partial charge in [0.15, 0.2) is 5.69 Å². The number of aryl methyl sites for hydroxylation is 1. The smallest absolute Gasteiger partial charge is 0.354 e. The van der Waals surface area contributed by atoms with Crippen LogP contribution in [0.5, 0.6) is 0 Å². The molecule has 106 valence electrons. The summed E-state index contributed by atoms with van der Waals surface area (Å²) in [7, 11) is 1.70. The summed E-state index contributed by atoms with van der Waals surface area (Å²) in [6.07, 6.45) is 0. The summed E-state index contributed by atoms with van der Waals surface area (Å²) in [5.41, 5.74) is 1.91. The summed E-state index contributed by atoms with van der Waals surface area (Å²) in [6, 6.07) is 13.3. The Kier molecular flexibility index (Phi) is 3.10. The van der Waals surface area contributed by atoms with Crippen LogP contribution in [0.15, 0.2) is 48.5 Å². The molecule has 5 heteroatoms. The van der Waals surface area contributed by atoms with Crippen LogP contribution < -0.4 is 5.32 Å². The van der Waals surface area contributed by atoms with Crippen LogP contribution in [0.4, 0.5) is 15.8 Å². The number of rotatable bonds is 3. The average molecular weight is 284 g/mol. The van der Waals surface area contributed by atoms with Crippen molar-refractivity contribution in [1.82, 2.24) is 4.57 Å². The van der Waals surface area contributed by atoms with Gasteiger partial charge in [-0.05, 0) is 24.3 Å². The van der Waals surface area contributed by atoms with Crippen LogP contribution in [0.25, 0.3) is 10.9 Å². The summed E-state index contributed by atoms with van der Waals surface area (Å²) < 4.78 is 14.9. The number of aromatic nitrogens is 1. The molecular weight excluding hydrogens is 271 g/mol. The monoisotopic (exact) mass is 284 g/mol. The molecule has 21 heavy (non-hydrogen) atoms. The van der Waals surface area contributed by atoms with Crippen LogP contribution in [0.3, 0.4) is 0 Å². The van der Waals surface area contributed by atoms with E-state index < -0.39 is 5.97 Å². The fourth-order valence-electron chi connectivity index (χ4n) is 2.48. The van der Waals surface area contributed by atoms with Gasteiger partial charge in [-0.2, -0.15) is 0 Å². The van der Waals surface area contributed by atoms with Crippen molar-refractivity contribution in [2.45, 2.75) is 0 Å². The molecule has 0 amide bonds. The van der Waals surface area contributed by atoms with Gasteiger partial charge in [-0.1, -0.05) is 24.3 Å². The molecule has 0 aliphatic rings. The number of carbonyl (C=O) groups is 1. The second-order valence-corrected chi connectivity index (χ2v) is 4.74. The van der Waals surface area contributed by atoms with Gasteiger partial charge >= 0.3 is 5.97 Å². The van der Waals surface area contributed by atoms with E-state index in [9.17, 15) is 14.3 Å². The number of hydrogen-bond donors (Lipinski definition) is 2. The summed E-state index contributed by atoms with van der Waals surface area (Å²) in [6.45, 7) is 0. The van der Waals surface area contributed by atoms with E-state index in [4.69, 9.17) is 0 Å². The molecule has 0 radical (unpaired) electrons. The lowest BCUT2D eigenvalue weighted by molar-refractivity contribution is 0.0688. The zero-order chi connectivity index (χ0) is 15.0. The van der Waals surface area contributed by atoms with Gasteiger partial charge in [0.05, 0.1) is 11.2 Å². The standard InChI is InChI=1S/C16H13FN2O2/c1-19-13-8-3-2-7-12(13)14(15(19)16(20)21)18-11-6-4-5-10(17)9-11/h2-9,18H,1H3,(H,20,21). The molecule has 0 fully saturated rings. The first kappa shape index (κ1) is 13.2. The Bertz CT molecular complexity index is 839. The third-order valence-electron chi connectivity index (χ3n) is 3.40. The molecule has 3 rings (SSSR count). The predicted molar refractivity (Wildman–Crippen MR) is 79.6 cm³/mol. The second-order valence-electron chi connectivity index (χ2n) is 4.74. The molecule has 0 saturated carbocycles. The van der Waals surface area contributed by atoms with E-state index in [1.165, 1.54) is 12.1 Å². The van der Waals surface area contributed by atoms with Gasteiger partial charge in [0.25, 0.3) is 0 Å². The summed E-state index contributed by atoms with van der Waals surface area (Å²) in [4.78, 5) is 11.5. The third-order valence-corrected chi connectivity index (χ3v) is 3.40. The number of anilines is 2. The second kappa shape index (κ2) is 4.94. The summed E-state index contributed by atoms with van der Waals surface area (Å²) in [5, 5.41) is 13.2. The van der Waals surface area contributed by atoms with E-state index in [-0.39, 0.29) is 11.5 Å². The van der Waals surface area contributed by atoms with Gasteiger partial charge in [0, 0.05) is 18.1 Å². The molecule has 3 aromatic rings. The van der Waals surface area contributed by atoms with E-state index in [1.54, 1.807) is 23.7 Å². The highest BCUT2D eigenvalue weighted by Gasteiger charge is 2.20. The van der Waals surface area contributed by atoms with Crippen LogP contribution >= 0.6 is 0 Å². The van der Waals surface area contributed by atoms with Crippen LogP contribution in [0.1, 0.15) is 10.5 Å². The number of fused-ring (bicyclic) bond motifs is 1.